The predicted octanol–water partition coefficient (Wildman–Crippen LogP) is 4.70. The molecule has 7 heteroatoms. The smallest absolute Gasteiger partial charge is 0.233 e. The van der Waals surface area contributed by atoms with Crippen molar-refractivity contribution in [3.05, 3.63) is 53.1 Å². The van der Waals surface area contributed by atoms with Crippen LogP contribution in [0, 0.1) is 6.92 Å². The number of hydrogen-bond acceptors (Lipinski definition) is 5. The fourth-order valence-electron chi connectivity index (χ4n) is 3.06. The molecule has 1 aromatic heterocycles. The van der Waals surface area contributed by atoms with Crippen LogP contribution in [0.1, 0.15) is 5.56 Å². The summed E-state index contributed by atoms with van der Waals surface area (Å²) in [7, 11) is 0. The van der Waals surface area contributed by atoms with E-state index < -0.39 is 0 Å². The SMILES string of the molecule is Cc1ccc(SCC(=O)N2CCN(c3nc4c(Cl)cccc4s3)CC2)cc1. The van der Waals surface area contributed by atoms with Gasteiger partial charge >= 0.3 is 0 Å². The molecule has 1 amide bonds. The number of benzene rings is 2. The van der Waals surface area contributed by atoms with Crippen molar-refractivity contribution in [2.45, 2.75) is 11.8 Å². The molecule has 3 aromatic rings. The third-order valence-electron chi connectivity index (χ3n) is 4.64. The fourth-order valence-corrected chi connectivity index (χ4v) is 5.17. The van der Waals surface area contributed by atoms with Crippen LogP contribution in [0.2, 0.25) is 5.02 Å². The van der Waals surface area contributed by atoms with Gasteiger partial charge in [0.05, 0.1) is 15.5 Å². The fraction of sp³-hybridized carbons (Fsp3) is 0.300. The lowest BCUT2D eigenvalue weighted by Crippen LogP contribution is -2.49. The predicted molar refractivity (Wildman–Crippen MR) is 115 cm³/mol. The molecule has 1 aliphatic rings. The van der Waals surface area contributed by atoms with Gasteiger partial charge in [0.1, 0.15) is 5.52 Å². The highest BCUT2D eigenvalue weighted by molar-refractivity contribution is 8.00. The van der Waals surface area contributed by atoms with E-state index in [0.717, 1.165) is 46.4 Å². The molecule has 0 spiro atoms. The van der Waals surface area contributed by atoms with E-state index in [0.29, 0.717) is 10.8 Å². The Balaban J connectivity index is 1.33. The normalized spacial score (nSPS) is 14.7. The second-order valence-corrected chi connectivity index (χ2v) is 9.02. The first-order valence-electron chi connectivity index (χ1n) is 8.87. The lowest BCUT2D eigenvalue weighted by Gasteiger charge is -2.34. The van der Waals surface area contributed by atoms with Crippen LogP contribution in [0.3, 0.4) is 0 Å². The number of thiazole rings is 1. The molecule has 0 atom stereocenters. The van der Waals surface area contributed by atoms with Gasteiger partial charge in [-0.1, -0.05) is 46.7 Å². The van der Waals surface area contributed by atoms with Crippen LogP contribution >= 0.6 is 34.7 Å². The summed E-state index contributed by atoms with van der Waals surface area (Å²) in [6, 6.07) is 14.2. The van der Waals surface area contributed by atoms with E-state index in [9.17, 15) is 4.79 Å². The minimum Gasteiger partial charge on any atom is -0.345 e. The van der Waals surface area contributed by atoms with Gasteiger partial charge in [-0.2, -0.15) is 0 Å². The Bertz CT molecular complexity index is 950. The minimum absolute atomic E-state index is 0.201. The number of hydrogen-bond donors (Lipinski definition) is 0. The maximum absolute atomic E-state index is 12.5. The molecule has 1 fully saturated rings. The van der Waals surface area contributed by atoms with Crippen LogP contribution < -0.4 is 4.90 Å². The Morgan fingerprint density at radius 1 is 1.15 bits per heavy atom. The minimum atomic E-state index is 0.201. The van der Waals surface area contributed by atoms with Gasteiger partial charge in [-0.15, -0.1) is 11.8 Å². The van der Waals surface area contributed by atoms with Crippen LogP contribution in [0.15, 0.2) is 47.4 Å². The van der Waals surface area contributed by atoms with Crippen molar-refractivity contribution in [3.63, 3.8) is 0 Å². The van der Waals surface area contributed by atoms with E-state index in [-0.39, 0.29) is 5.91 Å². The molecule has 27 heavy (non-hydrogen) atoms. The monoisotopic (exact) mass is 417 g/mol. The number of anilines is 1. The van der Waals surface area contributed by atoms with E-state index in [1.54, 1.807) is 23.1 Å². The summed E-state index contributed by atoms with van der Waals surface area (Å²) in [6.45, 7) is 5.14. The van der Waals surface area contributed by atoms with Gasteiger partial charge in [0.15, 0.2) is 5.13 Å². The largest absolute Gasteiger partial charge is 0.345 e. The highest BCUT2D eigenvalue weighted by Gasteiger charge is 2.23. The van der Waals surface area contributed by atoms with Crippen molar-refractivity contribution in [1.29, 1.82) is 0 Å². The number of carbonyl (C=O) groups is 1. The quantitative estimate of drug-likeness (QED) is 0.576. The number of aryl methyl sites for hydroxylation is 1. The molecule has 1 aliphatic heterocycles. The zero-order valence-electron chi connectivity index (χ0n) is 15.0. The second kappa shape index (κ2) is 8.09. The Labute approximate surface area is 172 Å². The summed E-state index contributed by atoms with van der Waals surface area (Å²) in [5.41, 5.74) is 2.10. The van der Waals surface area contributed by atoms with E-state index in [2.05, 4.69) is 36.1 Å². The first-order valence-corrected chi connectivity index (χ1v) is 11.1. The number of amides is 1. The molecule has 0 N–H and O–H groups in total. The number of carbonyl (C=O) groups excluding carboxylic acids is 1. The molecule has 0 aliphatic carbocycles. The maximum Gasteiger partial charge on any atom is 0.233 e. The average molecular weight is 418 g/mol. The van der Waals surface area contributed by atoms with Crippen molar-refractivity contribution in [3.8, 4) is 0 Å². The van der Waals surface area contributed by atoms with E-state index in [4.69, 9.17) is 16.6 Å². The van der Waals surface area contributed by atoms with Crippen molar-refractivity contribution < 1.29 is 4.79 Å². The maximum atomic E-state index is 12.5. The van der Waals surface area contributed by atoms with Crippen molar-refractivity contribution in [2.75, 3.05) is 36.8 Å². The number of fused-ring (bicyclic) bond motifs is 1. The van der Waals surface area contributed by atoms with Crippen LogP contribution in [-0.2, 0) is 4.79 Å². The van der Waals surface area contributed by atoms with Crippen molar-refractivity contribution >= 4 is 56.0 Å². The first-order chi connectivity index (χ1) is 13.1. The van der Waals surface area contributed by atoms with Gasteiger partial charge in [-0.3, -0.25) is 4.79 Å². The number of piperazine rings is 1. The van der Waals surface area contributed by atoms with Crippen LogP contribution in [0.25, 0.3) is 10.2 Å². The van der Waals surface area contributed by atoms with E-state index in [1.165, 1.54) is 5.56 Å². The van der Waals surface area contributed by atoms with E-state index >= 15 is 0 Å². The van der Waals surface area contributed by atoms with Crippen LogP contribution in [0.5, 0.6) is 0 Å². The lowest BCUT2D eigenvalue weighted by molar-refractivity contribution is -0.128. The van der Waals surface area contributed by atoms with Gasteiger partial charge in [-0.25, -0.2) is 4.98 Å². The van der Waals surface area contributed by atoms with Crippen molar-refractivity contribution in [1.82, 2.24) is 9.88 Å². The zero-order valence-corrected chi connectivity index (χ0v) is 17.4. The Morgan fingerprint density at radius 2 is 1.89 bits per heavy atom. The molecule has 4 nitrogen and oxygen atoms in total. The standard InChI is InChI=1S/C20H20ClN3OS2/c1-14-5-7-15(8-6-14)26-13-18(25)23-9-11-24(12-10-23)20-22-19-16(21)3-2-4-17(19)27-20/h2-8H,9-13H2,1H3. The molecule has 0 unspecified atom stereocenters. The summed E-state index contributed by atoms with van der Waals surface area (Å²) in [5, 5.41) is 1.68. The molecule has 1 saturated heterocycles. The summed E-state index contributed by atoms with van der Waals surface area (Å²) in [6.07, 6.45) is 0. The highest BCUT2D eigenvalue weighted by atomic mass is 35.5. The number of thioether (sulfide) groups is 1. The van der Waals surface area contributed by atoms with Gasteiger partial charge < -0.3 is 9.80 Å². The third-order valence-corrected chi connectivity index (χ3v) is 7.03. The Hall–Kier alpha value is -1.76. The lowest BCUT2D eigenvalue weighted by atomic mass is 10.2. The molecule has 2 heterocycles. The van der Waals surface area contributed by atoms with Gasteiger partial charge in [-0.05, 0) is 31.2 Å². The third kappa shape index (κ3) is 4.23. The number of nitrogens with zero attached hydrogens (tertiary/aromatic N) is 3. The summed E-state index contributed by atoms with van der Waals surface area (Å²) < 4.78 is 1.10. The molecule has 2 aromatic carbocycles. The second-order valence-electron chi connectivity index (χ2n) is 6.55. The number of aromatic nitrogens is 1. The zero-order chi connectivity index (χ0) is 18.8. The summed E-state index contributed by atoms with van der Waals surface area (Å²) in [4.78, 5) is 22.6. The van der Waals surface area contributed by atoms with Crippen molar-refractivity contribution in [2.24, 2.45) is 0 Å². The Kier molecular flexibility index (Phi) is 5.57. The van der Waals surface area contributed by atoms with Crippen LogP contribution in [0.4, 0.5) is 5.13 Å². The number of rotatable bonds is 4. The molecule has 4 rings (SSSR count). The number of para-hydroxylation sites is 1. The molecule has 140 valence electrons. The molecular weight excluding hydrogens is 398 g/mol. The van der Waals surface area contributed by atoms with Gasteiger partial charge in [0, 0.05) is 31.1 Å². The topological polar surface area (TPSA) is 36.4 Å². The summed E-state index contributed by atoms with van der Waals surface area (Å²) in [5.74, 6) is 0.687. The number of halogens is 1. The molecule has 0 saturated carbocycles. The molecule has 0 bridgehead atoms. The van der Waals surface area contributed by atoms with Gasteiger partial charge in [0.2, 0.25) is 5.91 Å². The summed E-state index contributed by atoms with van der Waals surface area (Å²) >= 11 is 9.50. The van der Waals surface area contributed by atoms with Crippen LogP contribution in [-0.4, -0.2) is 47.7 Å². The average Bonchev–Trinajstić information content (AvgIpc) is 3.13. The first kappa shape index (κ1) is 18.6. The van der Waals surface area contributed by atoms with E-state index in [1.807, 2.05) is 23.1 Å². The molecular formula is C20H20ClN3OS2. The van der Waals surface area contributed by atoms with Gasteiger partial charge in [0.25, 0.3) is 0 Å². The Morgan fingerprint density at radius 3 is 2.59 bits per heavy atom. The molecule has 0 radical (unpaired) electrons. The highest BCUT2D eigenvalue weighted by Crippen LogP contribution is 2.33.